The van der Waals surface area contributed by atoms with Crippen molar-refractivity contribution in [1.82, 2.24) is 19.5 Å². The number of hydrogen-bond donors (Lipinski definition) is 0. The van der Waals surface area contributed by atoms with Gasteiger partial charge in [0.1, 0.15) is 0 Å². The van der Waals surface area contributed by atoms with Gasteiger partial charge in [-0.05, 0) is 56.7 Å². The predicted octanol–water partition coefficient (Wildman–Crippen LogP) is 4.78. The van der Waals surface area contributed by atoms with Crippen LogP contribution < -0.4 is 4.74 Å². The van der Waals surface area contributed by atoms with E-state index in [2.05, 4.69) is 77.6 Å². The molecule has 0 saturated carbocycles. The lowest BCUT2D eigenvalue weighted by Crippen LogP contribution is -2.14. The minimum atomic E-state index is 0.626. The molecule has 0 spiro atoms. The molecule has 0 aliphatic heterocycles. The fraction of sp³-hybridized carbons (Fsp3) is 0.250. The maximum Gasteiger partial charge on any atom is 0.231 e. The van der Waals surface area contributed by atoms with Gasteiger partial charge in [0.25, 0.3) is 0 Å². The fourth-order valence-corrected chi connectivity index (χ4v) is 3.33. The van der Waals surface area contributed by atoms with Gasteiger partial charge in [0.2, 0.25) is 5.88 Å². The van der Waals surface area contributed by atoms with Crippen molar-refractivity contribution in [3.63, 3.8) is 0 Å². The second-order valence-corrected chi connectivity index (χ2v) is 7.39. The second kappa shape index (κ2) is 8.88. The summed E-state index contributed by atoms with van der Waals surface area (Å²) in [5.41, 5.74) is 5.21. The van der Waals surface area contributed by atoms with Crippen LogP contribution in [0.3, 0.4) is 0 Å². The minimum absolute atomic E-state index is 0.626. The van der Waals surface area contributed by atoms with Crippen LogP contribution in [0.2, 0.25) is 0 Å². The molecule has 0 amide bonds. The van der Waals surface area contributed by atoms with Gasteiger partial charge in [-0.25, -0.2) is 9.50 Å². The molecular weight excluding hydrogens is 360 g/mol. The van der Waals surface area contributed by atoms with E-state index >= 15 is 0 Å². The molecule has 0 atom stereocenters. The Morgan fingerprint density at radius 2 is 1.66 bits per heavy atom. The van der Waals surface area contributed by atoms with E-state index in [1.165, 1.54) is 11.1 Å². The number of unbranched alkanes of at least 4 members (excludes halogenated alkanes) is 1. The molecule has 0 radical (unpaired) electrons. The lowest BCUT2D eigenvalue weighted by Gasteiger charge is -2.10. The minimum Gasteiger partial charge on any atom is -0.477 e. The highest BCUT2D eigenvalue weighted by atomic mass is 16.5. The highest BCUT2D eigenvalue weighted by Crippen LogP contribution is 2.27. The molecule has 0 saturated heterocycles. The van der Waals surface area contributed by atoms with E-state index in [0.29, 0.717) is 12.5 Å². The van der Waals surface area contributed by atoms with Gasteiger partial charge in [-0.3, -0.25) is 0 Å². The van der Waals surface area contributed by atoms with Gasteiger partial charge >= 0.3 is 0 Å². The van der Waals surface area contributed by atoms with Gasteiger partial charge in [-0.15, -0.1) is 5.10 Å². The Balaban J connectivity index is 1.55. The first-order valence-corrected chi connectivity index (χ1v) is 9.99. The van der Waals surface area contributed by atoms with Crippen LogP contribution in [0.5, 0.6) is 5.88 Å². The summed E-state index contributed by atoms with van der Waals surface area (Å²) in [6.07, 6.45) is 3.99. The largest absolute Gasteiger partial charge is 0.477 e. The van der Waals surface area contributed by atoms with E-state index in [-0.39, 0.29) is 0 Å². The van der Waals surface area contributed by atoms with Gasteiger partial charge in [-0.2, -0.15) is 0 Å². The van der Waals surface area contributed by atoms with Crippen LogP contribution in [0.4, 0.5) is 0 Å². The van der Waals surface area contributed by atoms with Crippen LogP contribution in [-0.2, 0) is 0 Å². The van der Waals surface area contributed by atoms with Gasteiger partial charge in [0.15, 0.2) is 5.65 Å². The Morgan fingerprint density at radius 3 is 2.48 bits per heavy atom. The third-order valence-corrected chi connectivity index (χ3v) is 4.85. The van der Waals surface area contributed by atoms with Crippen molar-refractivity contribution in [3.8, 4) is 28.3 Å². The Morgan fingerprint density at radius 1 is 0.862 bits per heavy atom. The SMILES string of the molecule is CN(C)CCCCOc1ccc2ncc(-c3cccc(-c4ccccc4)c3)n2n1. The molecule has 0 N–H and O–H groups in total. The Labute approximate surface area is 171 Å². The zero-order chi connectivity index (χ0) is 20.1. The van der Waals surface area contributed by atoms with Crippen molar-refractivity contribution < 1.29 is 4.74 Å². The number of rotatable bonds is 8. The quantitative estimate of drug-likeness (QED) is 0.409. The van der Waals surface area contributed by atoms with E-state index in [9.17, 15) is 0 Å². The van der Waals surface area contributed by atoms with E-state index in [0.717, 1.165) is 36.3 Å². The number of ether oxygens (including phenoxy) is 1. The zero-order valence-corrected chi connectivity index (χ0v) is 17.0. The Hall–Kier alpha value is -3.18. The lowest BCUT2D eigenvalue weighted by atomic mass is 10.0. The summed E-state index contributed by atoms with van der Waals surface area (Å²) in [5, 5.41) is 4.67. The van der Waals surface area contributed by atoms with Crippen LogP contribution in [0.1, 0.15) is 12.8 Å². The molecule has 2 aromatic carbocycles. The van der Waals surface area contributed by atoms with Crippen molar-refractivity contribution in [3.05, 3.63) is 72.9 Å². The molecule has 0 aliphatic rings. The number of hydrogen-bond acceptors (Lipinski definition) is 4. The van der Waals surface area contributed by atoms with Gasteiger partial charge in [0.05, 0.1) is 18.5 Å². The van der Waals surface area contributed by atoms with Crippen LogP contribution in [0.15, 0.2) is 72.9 Å². The molecule has 0 unspecified atom stereocenters. The molecule has 2 heterocycles. The molecule has 29 heavy (non-hydrogen) atoms. The maximum absolute atomic E-state index is 5.87. The van der Waals surface area contributed by atoms with Gasteiger partial charge < -0.3 is 9.64 Å². The summed E-state index contributed by atoms with van der Waals surface area (Å²) < 4.78 is 7.73. The molecule has 2 aromatic heterocycles. The lowest BCUT2D eigenvalue weighted by molar-refractivity contribution is 0.280. The standard InChI is InChI=1S/C24H26N4O/c1-27(2)15-6-7-16-29-24-14-13-23-25-18-22(28(23)26-24)21-12-8-11-20(17-21)19-9-4-3-5-10-19/h3-5,8-14,17-18H,6-7,15-16H2,1-2H3. The highest BCUT2D eigenvalue weighted by molar-refractivity contribution is 5.72. The van der Waals surface area contributed by atoms with E-state index in [1.807, 2.05) is 28.9 Å². The van der Waals surface area contributed by atoms with Crippen molar-refractivity contribution in [2.45, 2.75) is 12.8 Å². The summed E-state index contributed by atoms with van der Waals surface area (Å²) in [6, 6.07) is 22.7. The molecule has 4 aromatic rings. The predicted molar refractivity (Wildman–Crippen MR) is 117 cm³/mol. The van der Waals surface area contributed by atoms with E-state index < -0.39 is 0 Å². The third kappa shape index (κ3) is 4.63. The summed E-state index contributed by atoms with van der Waals surface area (Å²) in [6.45, 7) is 1.74. The first-order chi connectivity index (χ1) is 14.2. The number of benzene rings is 2. The molecular formula is C24H26N4O. The Bertz CT molecular complexity index is 1070. The van der Waals surface area contributed by atoms with Crippen molar-refractivity contribution in [2.24, 2.45) is 0 Å². The second-order valence-electron chi connectivity index (χ2n) is 7.39. The zero-order valence-electron chi connectivity index (χ0n) is 17.0. The number of aromatic nitrogens is 3. The topological polar surface area (TPSA) is 42.7 Å². The van der Waals surface area contributed by atoms with Crippen LogP contribution in [-0.4, -0.2) is 46.7 Å². The average molecular weight is 386 g/mol. The van der Waals surface area contributed by atoms with Gasteiger partial charge in [0, 0.05) is 11.6 Å². The smallest absolute Gasteiger partial charge is 0.231 e. The molecule has 0 fully saturated rings. The number of nitrogens with zero attached hydrogens (tertiary/aromatic N) is 4. The highest BCUT2D eigenvalue weighted by Gasteiger charge is 2.10. The van der Waals surface area contributed by atoms with E-state index in [4.69, 9.17) is 4.74 Å². The molecule has 5 nitrogen and oxygen atoms in total. The number of fused-ring (bicyclic) bond motifs is 1. The first-order valence-electron chi connectivity index (χ1n) is 9.99. The van der Waals surface area contributed by atoms with Crippen LogP contribution >= 0.6 is 0 Å². The molecule has 0 aliphatic carbocycles. The van der Waals surface area contributed by atoms with Crippen molar-refractivity contribution in [2.75, 3.05) is 27.2 Å². The summed E-state index contributed by atoms with van der Waals surface area (Å²) in [5.74, 6) is 0.626. The molecule has 148 valence electrons. The maximum atomic E-state index is 5.87. The molecule has 5 heteroatoms. The summed E-state index contributed by atoms with van der Waals surface area (Å²) in [7, 11) is 4.17. The normalized spacial score (nSPS) is 11.3. The van der Waals surface area contributed by atoms with Crippen LogP contribution in [0, 0.1) is 0 Å². The third-order valence-electron chi connectivity index (χ3n) is 4.85. The Kier molecular flexibility index (Phi) is 5.86. The average Bonchev–Trinajstić information content (AvgIpc) is 3.17. The fourth-order valence-electron chi connectivity index (χ4n) is 3.33. The summed E-state index contributed by atoms with van der Waals surface area (Å²) in [4.78, 5) is 6.69. The van der Waals surface area contributed by atoms with Crippen molar-refractivity contribution >= 4 is 5.65 Å². The van der Waals surface area contributed by atoms with Crippen LogP contribution in [0.25, 0.3) is 28.0 Å². The van der Waals surface area contributed by atoms with Crippen molar-refractivity contribution in [1.29, 1.82) is 0 Å². The molecule has 4 rings (SSSR count). The first kappa shape index (κ1) is 19.2. The van der Waals surface area contributed by atoms with E-state index in [1.54, 1.807) is 0 Å². The molecule has 0 bridgehead atoms. The monoisotopic (exact) mass is 386 g/mol. The number of imidazole rings is 1. The van der Waals surface area contributed by atoms with Gasteiger partial charge in [-0.1, -0.05) is 48.5 Å². The summed E-state index contributed by atoms with van der Waals surface area (Å²) >= 11 is 0.